The smallest absolute Gasteiger partial charge is 0.251 e. The SMILES string of the molecule is COc1ccc(CNC(=O)c2ccccc2)c(SC(=O)c2ccccc2)c1. The number of hydrogen-bond acceptors (Lipinski definition) is 4. The summed E-state index contributed by atoms with van der Waals surface area (Å²) in [5, 5.41) is 2.85. The Balaban J connectivity index is 1.76. The zero-order valence-corrected chi connectivity index (χ0v) is 15.7. The maximum Gasteiger partial charge on any atom is 0.251 e. The van der Waals surface area contributed by atoms with E-state index in [0.717, 1.165) is 22.2 Å². The van der Waals surface area contributed by atoms with E-state index in [1.54, 1.807) is 31.4 Å². The molecular formula is C22H19NO3S. The molecule has 4 nitrogen and oxygen atoms in total. The third-order valence-electron chi connectivity index (χ3n) is 3.96. The number of nitrogens with one attached hydrogen (secondary N) is 1. The molecule has 0 saturated heterocycles. The minimum atomic E-state index is -0.156. The van der Waals surface area contributed by atoms with Crippen molar-refractivity contribution in [1.29, 1.82) is 0 Å². The zero-order valence-electron chi connectivity index (χ0n) is 14.8. The van der Waals surface area contributed by atoms with E-state index >= 15 is 0 Å². The molecule has 3 rings (SSSR count). The van der Waals surface area contributed by atoms with Crippen LogP contribution in [0.5, 0.6) is 5.75 Å². The van der Waals surface area contributed by atoms with Gasteiger partial charge in [-0.25, -0.2) is 0 Å². The lowest BCUT2D eigenvalue weighted by molar-refractivity contribution is 0.0950. The second-order valence-electron chi connectivity index (χ2n) is 5.78. The van der Waals surface area contributed by atoms with Gasteiger partial charge >= 0.3 is 0 Å². The van der Waals surface area contributed by atoms with E-state index in [-0.39, 0.29) is 11.0 Å². The molecule has 0 aromatic heterocycles. The van der Waals surface area contributed by atoms with Crippen molar-refractivity contribution >= 4 is 22.8 Å². The molecule has 136 valence electrons. The standard InChI is InChI=1S/C22H19NO3S/c1-26-19-13-12-18(15-23-21(24)16-8-4-2-5-9-16)20(14-19)27-22(25)17-10-6-3-7-11-17/h2-14H,15H2,1H3,(H,23,24). The molecule has 0 atom stereocenters. The van der Waals surface area contributed by atoms with Gasteiger partial charge in [0.1, 0.15) is 5.75 Å². The Morgan fingerprint density at radius 1 is 0.889 bits per heavy atom. The predicted molar refractivity (Wildman–Crippen MR) is 107 cm³/mol. The van der Waals surface area contributed by atoms with E-state index in [1.807, 2.05) is 54.6 Å². The molecule has 0 aliphatic rings. The summed E-state index contributed by atoms with van der Waals surface area (Å²) in [7, 11) is 1.58. The monoisotopic (exact) mass is 377 g/mol. The van der Waals surface area contributed by atoms with E-state index in [1.165, 1.54) is 0 Å². The summed E-state index contributed by atoms with van der Waals surface area (Å²) in [5.41, 5.74) is 2.08. The molecule has 27 heavy (non-hydrogen) atoms. The number of carbonyl (C=O) groups is 2. The van der Waals surface area contributed by atoms with E-state index < -0.39 is 0 Å². The fourth-order valence-corrected chi connectivity index (χ4v) is 3.40. The number of rotatable bonds is 6. The number of thioether (sulfide) groups is 1. The van der Waals surface area contributed by atoms with Gasteiger partial charge in [-0.15, -0.1) is 0 Å². The Morgan fingerprint density at radius 2 is 1.52 bits per heavy atom. The quantitative estimate of drug-likeness (QED) is 0.640. The van der Waals surface area contributed by atoms with Crippen LogP contribution < -0.4 is 10.1 Å². The van der Waals surface area contributed by atoms with Crippen molar-refractivity contribution in [3.05, 3.63) is 95.6 Å². The van der Waals surface area contributed by atoms with Crippen LogP contribution in [0.15, 0.2) is 83.8 Å². The number of methoxy groups -OCH3 is 1. The van der Waals surface area contributed by atoms with E-state index in [4.69, 9.17) is 4.74 Å². The van der Waals surface area contributed by atoms with Crippen LogP contribution in [0.2, 0.25) is 0 Å². The molecule has 0 radical (unpaired) electrons. The number of carbonyl (C=O) groups excluding carboxylic acids is 2. The highest BCUT2D eigenvalue weighted by Crippen LogP contribution is 2.30. The van der Waals surface area contributed by atoms with Gasteiger partial charge in [0.2, 0.25) is 5.12 Å². The number of amides is 1. The predicted octanol–water partition coefficient (Wildman–Crippen LogP) is 4.56. The second-order valence-corrected chi connectivity index (χ2v) is 6.79. The van der Waals surface area contributed by atoms with Gasteiger partial charge in [-0.1, -0.05) is 54.6 Å². The molecule has 0 aliphatic carbocycles. The summed E-state index contributed by atoms with van der Waals surface area (Å²) in [5.74, 6) is 0.508. The zero-order chi connectivity index (χ0) is 19.1. The highest BCUT2D eigenvalue weighted by atomic mass is 32.2. The molecule has 3 aromatic carbocycles. The molecule has 1 N–H and O–H groups in total. The first-order valence-corrected chi connectivity index (χ1v) is 9.26. The van der Waals surface area contributed by atoms with Crippen LogP contribution in [0, 0.1) is 0 Å². The van der Waals surface area contributed by atoms with Gasteiger partial charge in [-0.2, -0.15) is 0 Å². The van der Waals surface area contributed by atoms with Crippen LogP contribution in [-0.4, -0.2) is 18.1 Å². The normalized spacial score (nSPS) is 10.3. The van der Waals surface area contributed by atoms with E-state index in [0.29, 0.717) is 23.4 Å². The van der Waals surface area contributed by atoms with Gasteiger partial charge in [-0.3, -0.25) is 9.59 Å². The average molecular weight is 377 g/mol. The largest absolute Gasteiger partial charge is 0.497 e. The minimum Gasteiger partial charge on any atom is -0.497 e. The van der Waals surface area contributed by atoms with Gasteiger partial charge in [0.05, 0.1) is 7.11 Å². The fourth-order valence-electron chi connectivity index (χ4n) is 2.50. The molecule has 0 spiro atoms. The Hall–Kier alpha value is -3.05. The van der Waals surface area contributed by atoms with Crippen molar-refractivity contribution in [2.75, 3.05) is 7.11 Å². The highest BCUT2D eigenvalue weighted by molar-refractivity contribution is 8.14. The Morgan fingerprint density at radius 3 is 2.15 bits per heavy atom. The molecule has 5 heteroatoms. The molecule has 0 aliphatic heterocycles. The van der Waals surface area contributed by atoms with Crippen molar-refractivity contribution in [1.82, 2.24) is 5.32 Å². The average Bonchev–Trinajstić information content (AvgIpc) is 2.73. The van der Waals surface area contributed by atoms with Crippen LogP contribution in [0.4, 0.5) is 0 Å². The Labute approximate surface area is 162 Å². The maximum absolute atomic E-state index is 12.6. The molecule has 1 amide bonds. The van der Waals surface area contributed by atoms with Gasteiger partial charge < -0.3 is 10.1 Å². The molecule has 0 unspecified atom stereocenters. The van der Waals surface area contributed by atoms with Crippen molar-refractivity contribution in [2.24, 2.45) is 0 Å². The summed E-state index contributed by atoms with van der Waals surface area (Å²) >= 11 is 1.13. The molecule has 0 saturated carbocycles. The lowest BCUT2D eigenvalue weighted by Crippen LogP contribution is -2.23. The third kappa shape index (κ3) is 4.99. The van der Waals surface area contributed by atoms with Gasteiger partial charge in [-0.05, 0) is 41.6 Å². The van der Waals surface area contributed by atoms with E-state index in [2.05, 4.69) is 5.32 Å². The first kappa shape index (κ1) is 18.7. The highest BCUT2D eigenvalue weighted by Gasteiger charge is 2.13. The fraction of sp³-hybridized carbons (Fsp3) is 0.0909. The van der Waals surface area contributed by atoms with Gasteiger partial charge in [0.25, 0.3) is 5.91 Å². The van der Waals surface area contributed by atoms with Crippen molar-refractivity contribution < 1.29 is 14.3 Å². The third-order valence-corrected chi connectivity index (χ3v) is 4.98. The molecule has 0 heterocycles. The maximum atomic E-state index is 12.6. The van der Waals surface area contributed by atoms with Crippen LogP contribution in [0.1, 0.15) is 26.3 Å². The molecular weight excluding hydrogens is 358 g/mol. The van der Waals surface area contributed by atoms with Crippen LogP contribution >= 0.6 is 11.8 Å². The first-order chi connectivity index (χ1) is 13.2. The Bertz CT molecular complexity index is 927. The summed E-state index contributed by atoms with van der Waals surface area (Å²) in [6.45, 7) is 0.322. The van der Waals surface area contributed by atoms with Crippen molar-refractivity contribution in [3.8, 4) is 5.75 Å². The number of ether oxygens (including phenoxy) is 1. The second kappa shape index (κ2) is 9.05. The number of hydrogen-bond donors (Lipinski definition) is 1. The minimum absolute atomic E-state index is 0.0560. The van der Waals surface area contributed by atoms with Gasteiger partial charge in [0, 0.05) is 22.6 Å². The first-order valence-electron chi connectivity index (χ1n) is 8.45. The van der Waals surface area contributed by atoms with Crippen LogP contribution in [0.3, 0.4) is 0 Å². The summed E-state index contributed by atoms with van der Waals surface area (Å²) < 4.78 is 5.28. The lowest BCUT2D eigenvalue weighted by atomic mass is 10.2. The van der Waals surface area contributed by atoms with Crippen LogP contribution in [-0.2, 0) is 6.54 Å². The molecule has 0 bridgehead atoms. The molecule has 0 fully saturated rings. The Kier molecular flexibility index (Phi) is 6.28. The van der Waals surface area contributed by atoms with Crippen molar-refractivity contribution in [3.63, 3.8) is 0 Å². The summed E-state index contributed by atoms with van der Waals surface area (Å²) in [4.78, 5) is 25.6. The summed E-state index contributed by atoms with van der Waals surface area (Å²) in [6, 6.07) is 23.6. The van der Waals surface area contributed by atoms with Crippen molar-refractivity contribution in [2.45, 2.75) is 11.4 Å². The van der Waals surface area contributed by atoms with Gasteiger partial charge in [0.15, 0.2) is 0 Å². The van der Waals surface area contributed by atoms with Crippen LogP contribution in [0.25, 0.3) is 0 Å². The summed E-state index contributed by atoms with van der Waals surface area (Å²) in [6.07, 6.45) is 0. The lowest BCUT2D eigenvalue weighted by Gasteiger charge is -2.12. The number of benzene rings is 3. The molecule has 3 aromatic rings. The topological polar surface area (TPSA) is 55.4 Å². The van der Waals surface area contributed by atoms with E-state index in [9.17, 15) is 9.59 Å².